The van der Waals surface area contributed by atoms with Gasteiger partial charge in [-0.25, -0.2) is 0 Å². The molecule has 0 aliphatic carbocycles. The quantitative estimate of drug-likeness (QED) is 0.727. The Balaban J connectivity index is 2.30. The molecule has 0 fully saturated rings. The highest BCUT2D eigenvalue weighted by Crippen LogP contribution is 2.26. The molecule has 0 spiro atoms. The number of fused-ring (bicyclic) bond motifs is 1. The van der Waals surface area contributed by atoms with Crippen molar-refractivity contribution >= 4 is 10.8 Å². The zero-order chi connectivity index (χ0) is 11.4. The van der Waals surface area contributed by atoms with Gasteiger partial charge in [-0.05, 0) is 25.3 Å². The molecule has 2 nitrogen and oxygen atoms in total. The van der Waals surface area contributed by atoms with Crippen LogP contribution in [0.1, 0.15) is 13.8 Å². The third-order valence-electron chi connectivity index (χ3n) is 2.44. The molecule has 2 heteroatoms. The lowest BCUT2D eigenvalue weighted by Crippen LogP contribution is -2.15. The van der Waals surface area contributed by atoms with E-state index in [2.05, 4.69) is 18.2 Å². The average Bonchev–Trinajstić information content (AvgIpc) is 2.30. The molecule has 0 aliphatic heterocycles. The zero-order valence-electron chi connectivity index (χ0n) is 9.64. The summed E-state index contributed by atoms with van der Waals surface area (Å²) < 4.78 is 11.1. The van der Waals surface area contributed by atoms with Gasteiger partial charge in [-0.15, -0.1) is 0 Å². The van der Waals surface area contributed by atoms with Gasteiger partial charge in [0.2, 0.25) is 0 Å². The monoisotopic (exact) mass is 216 g/mol. The third-order valence-corrected chi connectivity index (χ3v) is 2.44. The van der Waals surface area contributed by atoms with E-state index in [1.165, 1.54) is 5.39 Å². The Morgan fingerprint density at radius 1 is 1.06 bits per heavy atom. The molecule has 1 unspecified atom stereocenters. The van der Waals surface area contributed by atoms with E-state index in [1.807, 2.05) is 38.1 Å². The highest BCUT2D eigenvalue weighted by Gasteiger charge is 2.05. The van der Waals surface area contributed by atoms with E-state index in [0.717, 1.165) is 11.1 Å². The van der Waals surface area contributed by atoms with Crippen molar-refractivity contribution in [3.05, 3.63) is 42.5 Å². The molecule has 2 rings (SSSR count). The third kappa shape index (κ3) is 2.34. The molecule has 0 saturated carbocycles. The molecule has 0 saturated heterocycles. The first-order valence-corrected chi connectivity index (χ1v) is 5.57. The van der Waals surface area contributed by atoms with Gasteiger partial charge in [0.1, 0.15) is 5.75 Å². The van der Waals surface area contributed by atoms with Crippen LogP contribution in [0.15, 0.2) is 42.5 Å². The molecule has 0 aromatic heterocycles. The lowest BCUT2D eigenvalue weighted by atomic mass is 10.1. The molecule has 84 valence electrons. The maximum absolute atomic E-state index is 5.75. The van der Waals surface area contributed by atoms with Crippen molar-refractivity contribution in [1.82, 2.24) is 0 Å². The Morgan fingerprint density at radius 2 is 1.81 bits per heavy atom. The molecule has 16 heavy (non-hydrogen) atoms. The summed E-state index contributed by atoms with van der Waals surface area (Å²) in [6, 6.07) is 14.2. The van der Waals surface area contributed by atoms with E-state index >= 15 is 0 Å². The van der Waals surface area contributed by atoms with E-state index < -0.39 is 0 Å². The summed E-state index contributed by atoms with van der Waals surface area (Å²) >= 11 is 0. The second-order valence-corrected chi connectivity index (χ2v) is 3.62. The second kappa shape index (κ2) is 4.99. The van der Waals surface area contributed by atoms with E-state index in [9.17, 15) is 0 Å². The Kier molecular flexibility index (Phi) is 3.42. The minimum Gasteiger partial charge on any atom is -0.465 e. The first kappa shape index (κ1) is 11.0. The summed E-state index contributed by atoms with van der Waals surface area (Å²) in [4.78, 5) is 0. The Labute approximate surface area is 95.8 Å². The van der Waals surface area contributed by atoms with Crippen LogP contribution in [-0.4, -0.2) is 12.9 Å². The summed E-state index contributed by atoms with van der Waals surface area (Å²) in [6.45, 7) is 4.53. The standard InChI is InChI=1S/C14H16O2/c1-3-15-11(2)16-14-10-6-8-12-7-4-5-9-13(12)14/h4-11H,3H2,1-2H3. The van der Waals surface area contributed by atoms with Crippen LogP contribution < -0.4 is 4.74 Å². The molecular formula is C14H16O2. The van der Waals surface area contributed by atoms with Gasteiger partial charge in [0.15, 0.2) is 6.29 Å². The maximum atomic E-state index is 5.75. The summed E-state index contributed by atoms with van der Waals surface area (Å²) in [5.41, 5.74) is 0. The topological polar surface area (TPSA) is 18.5 Å². The molecule has 0 bridgehead atoms. The minimum absolute atomic E-state index is 0.212. The van der Waals surface area contributed by atoms with Crippen LogP contribution in [-0.2, 0) is 4.74 Å². The number of hydrogen-bond acceptors (Lipinski definition) is 2. The molecule has 2 aromatic rings. The van der Waals surface area contributed by atoms with Crippen molar-refractivity contribution in [2.45, 2.75) is 20.1 Å². The van der Waals surface area contributed by atoms with Gasteiger partial charge in [0, 0.05) is 12.0 Å². The summed E-state index contributed by atoms with van der Waals surface area (Å²) in [6.07, 6.45) is -0.212. The average molecular weight is 216 g/mol. The number of rotatable bonds is 4. The Hall–Kier alpha value is -1.54. The molecular weight excluding hydrogens is 200 g/mol. The predicted molar refractivity (Wildman–Crippen MR) is 65.7 cm³/mol. The van der Waals surface area contributed by atoms with Crippen LogP contribution in [0, 0.1) is 0 Å². The number of hydrogen-bond donors (Lipinski definition) is 0. The summed E-state index contributed by atoms with van der Waals surface area (Å²) in [5, 5.41) is 2.31. The van der Waals surface area contributed by atoms with Gasteiger partial charge in [0.05, 0.1) is 0 Å². The largest absolute Gasteiger partial charge is 0.465 e. The summed E-state index contributed by atoms with van der Waals surface area (Å²) in [5.74, 6) is 0.874. The van der Waals surface area contributed by atoms with E-state index in [1.54, 1.807) is 0 Å². The zero-order valence-corrected chi connectivity index (χ0v) is 9.64. The van der Waals surface area contributed by atoms with Gasteiger partial charge in [-0.1, -0.05) is 36.4 Å². The fraction of sp³-hybridized carbons (Fsp3) is 0.286. The molecule has 0 amide bonds. The van der Waals surface area contributed by atoms with Crippen molar-refractivity contribution in [1.29, 1.82) is 0 Å². The lowest BCUT2D eigenvalue weighted by Gasteiger charge is -2.15. The van der Waals surface area contributed by atoms with Gasteiger partial charge in [-0.2, -0.15) is 0 Å². The molecule has 0 aliphatic rings. The van der Waals surface area contributed by atoms with E-state index in [-0.39, 0.29) is 6.29 Å². The Bertz CT molecular complexity index is 460. The van der Waals surface area contributed by atoms with E-state index in [4.69, 9.17) is 9.47 Å². The summed E-state index contributed by atoms with van der Waals surface area (Å²) in [7, 11) is 0. The van der Waals surface area contributed by atoms with Crippen LogP contribution in [0.4, 0.5) is 0 Å². The van der Waals surface area contributed by atoms with Gasteiger partial charge < -0.3 is 9.47 Å². The second-order valence-electron chi connectivity index (χ2n) is 3.62. The fourth-order valence-corrected chi connectivity index (χ4v) is 1.75. The van der Waals surface area contributed by atoms with Crippen LogP contribution >= 0.6 is 0 Å². The lowest BCUT2D eigenvalue weighted by molar-refractivity contribution is -0.0605. The molecule has 1 atom stereocenters. The minimum atomic E-state index is -0.212. The Morgan fingerprint density at radius 3 is 2.62 bits per heavy atom. The van der Waals surface area contributed by atoms with E-state index in [0.29, 0.717) is 6.61 Å². The van der Waals surface area contributed by atoms with Gasteiger partial charge >= 0.3 is 0 Å². The number of benzene rings is 2. The van der Waals surface area contributed by atoms with Crippen molar-refractivity contribution < 1.29 is 9.47 Å². The molecule has 2 aromatic carbocycles. The van der Waals surface area contributed by atoms with Crippen LogP contribution in [0.5, 0.6) is 5.75 Å². The fourth-order valence-electron chi connectivity index (χ4n) is 1.75. The van der Waals surface area contributed by atoms with Crippen LogP contribution in [0.2, 0.25) is 0 Å². The molecule has 0 N–H and O–H groups in total. The first-order valence-electron chi connectivity index (χ1n) is 5.57. The predicted octanol–water partition coefficient (Wildman–Crippen LogP) is 3.60. The van der Waals surface area contributed by atoms with Crippen molar-refractivity contribution in [3.8, 4) is 5.75 Å². The van der Waals surface area contributed by atoms with Crippen molar-refractivity contribution in [2.24, 2.45) is 0 Å². The van der Waals surface area contributed by atoms with Crippen LogP contribution in [0.25, 0.3) is 10.8 Å². The highest BCUT2D eigenvalue weighted by molar-refractivity contribution is 5.88. The maximum Gasteiger partial charge on any atom is 0.196 e. The van der Waals surface area contributed by atoms with Gasteiger partial charge in [0.25, 0.3) is 0 Å². The van der Waals surface area contributed by atoms with Crippen molar-refractivity contribution in [2.75, 3.05) is 6.61 Å². The van der Waals surface area contributed by atoms with Crippen LogP contribution in [0.3, 0.4) is 0 Å². The molecule has 0 heterocycles. The molecule has 0 radical (unpaired) electrons. The number of ether oxygens (including phenoxy) is 2. The SMILES string of the molecule is CCOC(C)Oc1cccc2ccccc12. The smallest absolute Gasteiger partial charge is 0.196 e. The first-order chi connectivity index (χ1) is 7.81. The highest BCUT2D eigenvalue weighted by atomic mass is 16.7. The van der Waals surface area contributed by atoms with Gasteiger partial charge in [-0.3, -0.25) is 0 Å². The van der Waals surface area contributed by atoms with Crippen molar-refractivity contribution in [3.63, 3.8) is 0 Å². The normalized spacial score (nSPS) is 12.6.